The first-order valence-corrected chi connectivity index (χ1v) is 7.00. The molecule has 0 aliphatic rings. The molecule has 86 valence electrons. The van der Waals surface area contributed by atoms with Gasteiger partial charge in [0, 0.05) is 25.7 Å². The van der Waals surface area contributed by atoms with Crippen molar-refractivity contribution in [2.45, 2.75) is 3.79 Å². The summed E-state index contributed by atoms with van der Waals surface area (Å²) in [5.74, 6) is 0. The average Bonchev–Trinajstić information content (AvgIpc) is 2.65. The van der Waals surface area contributed by atoms with Crippen molar-refractivity contribution in [3.63, 3.8) is 0 Å². The predicted molar refractivity (Wildman–Crippen MR) is 78.6 cm³/mol. The maximum Gasteiger partial charge on any atom is 0.216 e. The van der Waals surface area contributed by atoms with Crippen LogP contribution in [-0.4, -0.2) is 0 Å². The average molecular weight is 302 g/mol. The van der Waals surface area contributed by atoms with E-state index in [4.69, 9.17) is 34.8 Å². The van der Waals surface area contributed by atoms with E-state index in [1.54, 1.807) is 11.3 Å². The molecular weight excluding hydrogens is 295 g/mol. The smallest absolute Gasteiger partial charge is 0.135 e. The Morgan fingerprint density at radius 1 is 0.824 bits per heavy atom. The van der Waals surface area contributed by atoms with Crippen LogP contribution in [0.25, 0.3) is 20.2 Å². The molecular formula is C13H7Cl3S. The Morgan fingerprint density at radius 3 is 2.29 bits per heavy atom. The second-order valence-corrected chi connectivity index (χ2v) is 7.14. The molecule has 0 N–H and O–H groups in total. The van der Waals surface area contributed by atoms with Crippen LogP contribution in [-0.2, 0) is 3.79 Å². The number of hydrogen-bond acceptors (Lipinski definition) is 1. The van der Waals surface area contributed by atoms with E-state index < -0.39 is 3.79 Å². The molecule has 1 aromatic heterocycles. The Bertz CT molecular complexity index is 695. The molecule has 0 fully saturated rings. The summed E-state index contributed by atoms with van der Waals surface area (Å²) >= 11 is 19.8. The Labute approximate surface area is 118 Å². The lowest BCUT2D eigenvalue weighted by molar-refractivity contribution is 1.28. The van der Waals surface area contributed by atoms with E-state index in [1.807, 2.05) is 24.3 Å². The van der Waals surface area contributed by atoms with E-state index in [9.17, 15) is 0 Å². The van der Waals surface area contributed by atoms with E-state index in [2.05, 4.69) is 18.2 Å². The lowest BCUT2D eigenvalue weighted by atomic mass is 10.1. The molecule has 0 saturated heterocycles. The molecule has 0 unspecified atom stereocenters. The van der Waals surface area contributed by atoms with E-state index >= 15 is 0 Å². The Balaban J connectivity index is 2.52. The molecule has 0 aliphatic carbocycles. The Kier molecular flexibility index (Phi) is 2.75. The molecule has 0 bridgehead atoms. The summed E-state index contributed by atoms with van der Waals surface area (Å²) in [7, 11) is 0. The largest absolute Gasteiger partial charge is 0.216 e. The van der Waals surface area contributed by atoms with Gasteiger partial charge in [-0.1, -0.05) is 65.1 Å². The maximum absolute atomic E-state index is 6.03. The van der Waals surface area contributed by atoms with Gasteiger partial charge >= 0.3 is 0 Å². The SMILES string of the molecule is ClC(Cl)(Cl)c1cccc2sc3ccccc3c12. The van der Waals surface area contributed by atoms with Gasteiger partial charge in [-0.25, -0.2) is 0 Å². The number of fused-ring (bicyclic) bond motifs is 3. The molecule has 3 rings (SSSR count). The Hall–Kier alpha value is -0.470. The fourth-order valence-corrected chi connectivity index (χ4v) is 3.62. The standard InChI is InChI=1S/C13H7Cl3S/c14-13(15,16)9-5-3-7-11-12(9)8-4-1-2-6-10(8)17-11/h1-7H. The highest BCUT2D eigenvalue weighted by atomic mass is 35.6. The van der Waals surface area contributed by atoms with E-state index in [1.165, 1.54) is 4.70 Å². The molecule has 0 nitrogen and oxygen atoms in total. The van der Waals surface area contributed by atoms with Crippen molar-refractivity contribution in [1.82, 2.24) is 0 Å². The van der Waals surface area contributed by atoms with Crippen LogP contribution in [0, 0.1) is 0 Å². The first-order valence-electron chi connectivity index (χ1n) is 5.05. The maximum atomic E-state index is 6.03. The van der Waals surface area contributed by atoms with Crippen molar-refractivity contribution in [2.75, 3.05) is 0 Å². The molecule has 1 heterocycles. The molecule has 0 saturated carbocycles. The minimum atomic E-state index is -1.39. The van der Waals surface area contributed by atoms with Gasteiger partial charge < -0.3 is 0 Å². The van der Waals surface area contributed by atoms with E-state index in [0.29, 0.717) is 0 Å². The van der Waals surface area contributed by atoms with E-state index in [0.717, 1.165) is 21.0 Å². The first kappa shape index (κ1) is 11.6. The number of rotatable bonds is 0. The predicted octanol–water partition coefficient (Wildman–Crippen LogP) is 5.88. The number of halogens is 3. The van der Waals surface area contributed by atoms with Crippen molar-refractivity contribution in [1.29, 1.82) is 0 Å². The summed E-state index contributed by atoms with van der Waals surface area (Å²) in [6.45, 7) is 0. The highest BCUT2D eigenvalue weighted by Gasteiger charge is 2.26. The third-order valence-corrected chi connectivity index (χ3v) is 4.45. The normalized spacial score (nSPS) is 12.4. The molecule has 0 aliphatic heterocycles. The van der Waals surface area contributed by atoms with Crippen molar-refractivity contribution < 1.29 is 0 Å². The third-order valence-electron chi connectivity index (χ3n) is 2.71. The number of benzene rings is 2. The van der Waals surface area contributed by atoms with Crippen molar-refractivity contribution in [3.05, 3.63) is 48.0 Å². The molecule has 17 heavy (non-hydrogen) atoms. The van der Waals surface area contributed by atoms with Crippen LogP contribution < -0.4 is 0 Å². The van der Waals surface area contributed by atoms with Gasteiger partial charge in [-0.2, -0.15) is 0 Å². The fraction of sp³-hybridized carbons (Fsp3) is 0.0769. The molecule has 3 aromatic rings. The van der Waals surface area contributed by atoms with Crippen LogP contribution in [0.4, 0.5) is 0 Å². The molecule has 0 radical (unpaired) electrons. The third kappa shape index (κ3) is 1.92. The summed E-state index contributed by atoms with van der Waals surface area (Å²) in [6.07, 6.45) is 0. The second-order valence-electron chi connectivity index (χ2n) is 3.77. The molecule has 0 atom stereocenters. The van der Waals surface area contributed by atoms with Gasteiger partial charge in [0.25, 0.3) is 0 Å². The van der Waals surface area contributed by atoms with E-state index in [-0.39, 0.29) is 0 Å². The number of alkyl halides is 3. The zero-order chi connectivity index (χ0) is 12.0. The van der Waals surface area contributed by atoms with Crippen molar-refractivity contribution >= 4 is 66.3 Å². The van der Waals surface area contributed by atoms with Crippen LogP contribution in [0.3, 0.4) is 0 Å². The molecule has 4 heteroatoms. The minimum absolute atomic E-state index is 0.748. The van der Waals surface area contributed by atoms with Crippen LogP contribution >= 0.6 is 46.1 Å². The second kappa shape index (κ2) is 4.03. The van der Waals surface area contributed by atoms with Gasteiger partial charge in [0.2, 0.25) is 3.79 Å². The van der Waals surface area contributed by atoms with Crippen LogP contribution in [0.2, 0.25) is 0 Å². The number of hydrogen-bond donors (Lipinski definition) is 0. The van der Waals surface area contributed by atoms with Crippen LogP contribution in [0.5, 0.6) is 0 Å². The van der Waals surface area contributed by atoms with Gasteiger partial charge in [-0.3, -0.25) is 0 Å². The van der Waals surface area contributed by atoms with Gasteiger partial charge in [0.1, 0.15) is 0 Å². The van der Waals surface area contributed by atoms with Gasteiger partial charge in [0.15, 0.2) is 0 Å². The lowest BCUT2D eigenvalue weighted by Crippen LogP contribution is -1.99. The van der Waals surface area contributed by atoms with Crippen LogP contribution in [0.1, 0.15) is 5.56 Å². The topological polar surface area (TPSA) is 0 Å². The minimum Gasteiger partial charge on any atom is -0.135 e. The zero-order valence-corrected chi connectivity index (χ0v) is 11.7. The fourth-order valence-electron chi connectivity index (χ4n) is 2.01. The van der Waals surface area contributed by atoms with Gasteiger partial charge in [-0.05, 0) is 12.1 Å². The van der Waals surface area contributed by atoms with Gasteiger partial charge in [-0.15, -0.1) is 11.3 Å². The van der Waals surface area contributed by atoms with Crippen molar-refractivity contribution in [2.24, 2.45) is 0 Å². The summed E-state index contributed by atoms with van der Waals surface area (Å²) in [5, 5.41) is 2.20. The van der Waals surface area contributed by atoms with Gasteiger partial charge in [0.05, 0.1) is 0 Å². The number of thiophene rings is 1. The zero-order valence-electron chi connectivity index (χ0n) is 8.58. The molecule has 2 aromatic carbocycles. The summed E-state index contributed by atoms with van der Waals surface area (Å²) in [5.41, 5.74) is 0.748. The summed E-state index contributed by atoms with van der Waals surface area (Å²) < 4.78 is 0.975. The lowest BCUT2D eigenvalue weighted by Gasteiger charge is -2.12. The molecule has 0 amide bonds. The Morgan fingerprint density at radius 2 is 1.53 bits per heavy atom. The summed E-state index contributed by atoms with van der Waals surface area (Å²) in [6, 6.07) is 14.0. The summed E-state index contributed by atoms with van der Waals surface area (Å²) in [4.78, 5) is 0. The van der Waals surface area contributed by atoms with Crippen LogP contribution in [0.15, 0.2) is 42.5 Å². The highest BCUT2D eigenvalue weighted by Crippen LogP contribution is 2.45. The molecule has 0 spiro atoms. The highest BCUT2D eigenvalue weighted by molar-refractivity contribution is 7.25. The van der Waals surface area contributed by atoms with Crippen molar-refractivity contribution in [3.8, 4) is 0 Å². The monoisotopic (exact) mass is 300 g/mol. The first-order chi connectivity index (χ1) is 8.07. The quantitative estimate of drug-likeness (QED) is 0.455.